The molecule has 29 heavy (non-hydrogen) atoms. The molecule has 5 nitrogen and oxygen atoms in total. The van der Waals surface area contributed by atoms with Gasteiger partial charge < -0.3 is 15.1 Å². The van der Waals surface area contributed by atoms with Crippen LogP contribution in [-0.4, -0.2) is 41.9 Å². The Morgan fingerprint density at radius 1 is 1.00 bits per heavy atom. The minimum atomic E-state index is -0.417. The highest BCUT2D eigenvalue weighted by molar-refractivity contribution is 5.95. The molecule has 2 aromatic carbocycles. The number of urea groups is 1. The smallest absolute Gasteiger partial charge is 0.322 e. The molecule has 0 aromatic heterocycles. The van der Waals surface area contributed by atoms with E-state index in [-0.39, 0.29) is 17.8 Å². The Bertz CT molecular complexity index is 845. The van der Waals surface area contributed by atoms with Gasteiger partial charge in [0.15, 0.2) is 0 Å². The van der Waals surface area contributed by atoms with Crippen LogP contribution >= 0.6 is 0 Å². The van der Waals surface area contributed by atoms with Gasteiger partial charge >= 0.3 is 6.03 Å². The van der Waals surface area contributed by atoms with Gasteiger partial charge in [0.1, 0.15) is 5.82 Å². The van der Waals surface area contributed by atoms with Crippen LogP contribution in [0.15, 0.2) is 48.5 Å². The number of likely N-dealkylation sites (tertiary alicyclic amines) is 1. The molecule has 3 rings (SSSR count). The average molecular weight is 397 g/mol. The van der Waals surface area contributed by atoms with E-state index in [0.29, 0.717) is 16.8 Å². The van der Waals surface area contributed by atoms with E-state index in [0.717, 1.165) is 25.9 Å². The van der Waals surface area contributed by atoms with Crippen molar-refractivity contribution in [1.82, 2.24) is 9.80 Å². The van der Waals surface area contributed by atoms with E-state index in [1.807, 2.05) is 4.90 Å². The van der Waals surface area contributed by atoms with Gasteiger partial charge in [0.2, 0.25) is 0 Å². The highest BCUT2D eigenvalue weighted by atomic mass is 19.1. The summed E-state index contributed by atoms with van der Waals surface area (Å²) in [4.78, 5) is 28.6. The van der Waals surface area contributed by atoms with E-state index in [2.05, 4.69) is 5.32 Å². The number of nitrogens with one attached hydrogen (secondary N) is 1. The molecule has 6 heteroatoms. The van der Waals surface area contributed by atoms with Crippen LogP contribution in [0.1, 0.15) is 54.6 Å². The minimum absolute atomic E-state index is 0.0371. The Kier molecular flexibility index (Phi) is 6.86. The Hall–Kier alpha value is -2.89. The average Bonchev–Trinajstić information content (AvgIpc) is 3.02. The lowest BCUT2D eigenvalue weighted by Crippen LogP contribution is -2.34. The van der Waals surface area contributed by atoms with Crippen molar-refractivity contribution >= 4 is 17.6 Å². The van der Waals surface area contributed by atoms with Gasteiger partial charge in [-0.25, -0.2) is 9.18 Å². The van der Waals surface area contributed by atoms with E-state index >= 15 is 0 Å². The summed E-state index contributed by atoms with van der Waals surface area (Å²) in [7, 11) is 1.63. The number of amides is 3. The molecule has 2 aromatic rings. The molecule has 1 atom stereocenters. The molecule has 0 saturated carbocycles. The molecule has 1 unspecified atom stereocenters. The fraction of sp³-hybridized carbons (Fsp3) is 0.391. The fourth-order valence-corrected chi connectivity index (χ4v) is 3.56. The van der Waals surface area contributed by atoms with E-state index in [9.17, 15) is 14.0 Å². The number of rotatable bonds is 4. The van der Waals surface area contributed by atoms with Gasteiger partial charge in [-0.2, -0.15) is 0 Å². The third-order valence-electron chi connectivity index (χ3n) is 5.53. The predicted molar refractivity (Wildman–Crippen MR) is 112 cm³/mol. The molecule has 3 amide bonds. The summed E-state index contributed by atoms with van der Waals surface area (Å²) in [5, 5.41) is 2.81. The Labute approximate surface area is 171 Å². The summed E-state index contributed by atoms with van der Waals surface area (Å²) in [6.45, 7) is 3.38. The molecular formula is C23H28FN3O2. The van der Waals surface area contributed by atoms with Gasteiger partial charge in [0, 0.05) is 37.0 Å². The molecule has 1 N–H and O–H groups in total. The summed E-state index contributed by atoms with van der Waals surface area (Å²) in [6, 6.07) is 12.6. The van der Waals surface area contributed by atoms with Gasteiger partial charge in [0.05, 0.1) is 6.04 Å². The summed E-state index contributed by atoms with van der Waals surface area (Å²) < 4.78 is 14.0. The lowest BCUT2D eigenvalue weighted by atomic mass is 10.1. The van der Waals surface area contributed by atoms with E-state index in [1.165, 1.54) is 23.8 Å². The van der Waals surface area contributed by atoms with Crippen LogP contribution in [0.2, 0.25) is 0 Å². The van der Waals surface area contributed by atoms with Crippen LogP contribution < -0.4 is 5.32 Å². The van der Waals surface area contributed by atoms with Crippen molar-refractivity contribution in [2.45, 2.75) is 38.6 Å². The molecule has 0 radical (unpaired) electrons. The predicted octanol–water partition coefficient (Wildman–Crippen LogP) is 5.07. The van der Waals surface area contributed by atoms with Crippen LogP contribution in [0.3, 0.4) is 0 Å². The van der Waals surface area contributed by atoms with Crippen molar-refractivity contribution < 1.29 is 14.0 Å². The summed E-state index contributed by atoms with van der Waals surface area (Å²) >= 11 is 0. The van der Waals surface area contributed by atoms with Crippen molar-refractivity contribution in [3.63, 3.8) is 0 Å². The molecule has 1 aliphatic heterocycles. The van der Waals surface area contributed by atoms with Crippen LogP contribution in [0.5, 0.6) is 0 Å². The first-order chi connectivity index (χ1) is 14.0. The highest BCUT2D eigenvalue weighted by Gasteiger charge is 2.21. The maximum absolute atomic E-state index is 14.0. The number of hydrogen-bond donors (Lipinski definition) is 1. The van der Waals surface area contributed by atoms with Crippen molar-refractivity contribution in [3.05, 3.63) is 65.5 Å². The number of halogens is 1. The normalized spacial score (nSPS) is 15.3. The van der Waals surface area contributed by atoms with Crippen LogP contribution in [0.4, 0.5) is 14.9 Å². The molecule has 1 fully saturated rings. The van der Waals surface area contributed by atoms with Crippen molar-refractivity contribution in [3.8, 4) is 0 Å². The Morgan fingerprint density at radius 2 is 1.62 bits per heavy atom. The highest BCUT2D eigenvalue weighted by Crippen LogP contribution is 2.22. The van der Waals surface area contributed by atoms with Crippen molar-refractivity contribution in [1.29, 1.82) is 0 Å². The van der Waals surface area contributed by atoms with E-state index in [1.54, 1.807) is 56.4 Å². The Morgan fingerprint density at radius 3 is 2.24 bits per heavy atom. The second kappa shape index (κ2) is 9.54. The first-order valence-electron chi connectivity index (χ1n) is 10.1. The third kappa shape index (κ3) is 5.13. The number of carbonyl (C=O) groups excluding carboxylic acids is 2. The van der Waals surface area contributed by atoms with E-state index in [4.69, 9.17) is 0 Å². The van der Waals surface area contributed by atoms with Gasteiger partial charge in [-0.05, 0) is 50.1 Å². The maximum atomic E-state index is 14.0. The van der Waals surface area contributed by atoms with Crippen LogP contribution in [0, 0.1) is 5.82 Å². The van der Waals surface area contributed by atoms with Crippen LogP contribution in [-0.2, 0) is 0 Å². The zero-order valence-electron chi connectivity index (χ0n) is 17.0. The third-order valence-corrected chi connectivity index (χ3v) is 5.53. The largest absolute Gasteiger partial charge is 0.339 e. The molecule has 1 heterocycles. The monoisotopic (exact) mass is 397 g/mol. The van der Waals surface area contributed by atoms with Crippen molar-refractivity contribution in [2.75, 3.05) is 25.5 Å². The Balaban J connectivity index is 1.62. The number of anilines is 1. The number of carbonyl (C=O) groups is 2. The fourth-order valence-electron chi connectivity index (χ4n) is 3.56. The van der Waals surface area contributed by atoms with Gasteiger partial charge in [-0.15, -0.1) is 0 Å². The first-order valence-corrected chi connectivity index (χ1v) is 10.1. The molecule has 1 aliphatic rings. The zero-order valence-corrected chi connectivity index (χ0v) is 17.0. The lowest BCUT2D eigenvalue weighted by Gasteiger charge is -2.26. The van der Waals surface area contributed by atoms with Crippen molar-refractivity contribution in [2.24, 2.45) is 0 Å². The minimum Gasteiger partial charge on any atom is -0.339 e. The second-order valence-electron chi connectivity index (χ2n) is 7.52. The zero-order chi connectivity index (χ0) is 20.8. The van der Waals surface area contributed by atoms with Gasteiger partial charge in [-0.3, -0.25) is 4.79 Å². The molecule has 0 spiro atoms. The second-order valence-corrected chi connectivity index (χ2v) is 7.52. The van der Waals surface area contributed by atoms with Gasteiger partial charge in [-0.1, -0.05) is 31.0 Å². The topological polar surface area (TPSA) is 52.7 Å². The summed E-state index contributed by atoms with van der Waals surface area (Å²) in [5.41, 5.74) is 1.68. The summed E-state index contributed by atoms with van der Waals surface area (Å²) in [6.07, 6.45) is 4.44. The maximum Gasteiger partial charge on any atom is 0.322 e. The van der Waals surface area contributed by atoms with Crippen LogP contribution in [0.25, 0.3) is 0 Å². The van der Waals surface area contributed by atoms with E-state index < -0.39 is 6.04 Å². The number of hydrogen-bond acceptors (Lipinski definition) is 2. The first kappa shape index (κ1) is 20.8. The van der Waals surface area contributed by atoms with Gasteiger partial charge in [0.25, 0.3) is 5.91 Å². The molecular weight excluding hydrogens is 369 g/mol. The number of nitrogens with zero attached hydrogens (tertiary/aromatic N) is 2. The molecule has 0 aliphatic carbocycles. The molecule has 154 valence electrons. The lowest BCUT2D eigenvalue weighted by molar-refractivity contribution is 0.0761. The number of benzene rings is 2. The molecule has 0 bridgehead atoms. The quantitative estimate of drug-likeness (QED) is 0.783. The summed E-state index contributed by atoms with van der Waals surface area (Å²) in [5.74, 6) is -0.300. The molecule has 1 saturated heterocycles. The standard InChI is InChI=1S/C23H28FN3O2/c1-17(20-9-5-6-10-21(20)24)26(2)23(29)25-19-13-11-18(12-14-19)22(28)27-15-7-3-4-8-16-27/h5-6,9-14,17H,3-4,7-8,15-16H2,1-2H3,(H,25,29). The SMILES string of the molecule is CC(c1ccccc1F)N(C)C(=O)Nc1ccc(C(=O)N2CCCCCC2)cc1.